The zero-order chi connectivity index (χ0) is 14.0. The van der Waals surface area contributed by atoms with Crippen molar-refractivity contribution in [2.45, 2.75) is 50.6 Å². The molecule has 1 aromatic rings. The summed E-state index contributed by atoms with van der Waals surface area (Å²) in [6.45, 7) is 5.53. The molecule has 0 aromatic heterocycles. The lowest BCUT2D eigenvalue weighted by atomic mass is 9.79. The molecule has 0 amide bonds. The SMILES string of the molecule is CC(c1ccc(F)cc1)N1CCNC2(CCCCC2)C1. The van der Waals surface area contributed by atoms with Crippen molar-refractivity contribution in [2.24, 2.45) is 0 Å². The lowest BCUT2D eigenvalue weighted by Gasteiger charge is -2.48. The summed E-state index contributed by atoms with van der Waals surface area (Å²) in [5.74, 6) is -0.148. The van der Waals surface area contributed by atoms with Gasteiger partial charge in [0.1, 0.15) is 5.82 Å². The van der Waals surface area contributed by atoms with E-state index in [4.69, 9.17) is 0 Å². The van der Waals surface area contributed by atoms with Gasteiger partial charge in [-0.2, -0.15) is 0 Å². The normalized spacial score (nSPS) is 24.7. The van der Waals surface area contributed by atoms with Crippen LogP contribution in [-0.2, 0) is 0 Å². The van der Waals surface area contributed by atoms with Crippen LogP contribution in [-0.4, -0.2) is 30.1 Å². The zero-order valence-electron chi connectivity index (χ0n) is 12.4. The summed E-state index contributed by atoms with van der Waals surface area (Å²) in [6, 6.07) is 7.37. The minimum absolute atomic E-state index is 0.148. The summed E-state index contributed by atoms with van der Waals surface area (Å²) >= 11 is 0. The summed E-state index contributed by atoms with van der Waals surface area (Å²) in [5, 5.41) is 3.78. The first-order valence-corrected chi connectivity index (χ1v) is 7.93. The first-order valence-electron chi connectivity index (χ1n) is 7.93. The molecule has 1 N–H and O–H groups in total. The topological polar surface area (TPSA) is 15.3 Å². The van der Waals surface area contributed by atoms with Gasteiger partial charge in [-0.05, 0) is 37.5 Å². The molecule has 20 heavy (non-hydrogen) atoms. The highest BCUT2D eigenvalue weighted by Gasteiger charge is 2.37. The van der Waals surface area contributed by atoms with Crippen LogP contribution in [0.3, 0.4) is 0 Å². The molecule has 110 valence electrons. The zero-order valence-corrected chi connectivity index (χ0v) is 12.4. The highest BCUT2D eigenvalue weighted by Crippen LogP contribution is 2.33. The fraction of sp³-hybridized carbons (Fsp3) is 0.647. The number of halogens is 1. The molecule has 2 fully saturated rings. The van der Waals surface area contributed by atoms with Crippen molar-refractivity contribution in [3.63, 3.8) is 0 Å². The predicted molar refractivity (Wildman–Crippen MR) is 80.2 cm³/mol. The maximum Gasteiger partial charge on any atom is 0.123 e. The molecule has 1 heterocycles. The smallest absolute Gasteiger partial charge is 0.123 e. The van der Waals surface area contributed by atoms with Crippen LogP contribution in [0.2, 0.25) is 0 Å². The summed E-state index contributed by atoms with van der Waals surface area (Å²) in [5.41, 5.74) is 1.56. The average molecular weight is 276 g/mol. The molecular formula is C17H25FN2. The second-order valence-electron chi connectivity index (χ2n) is 6.47. The van der Waals surface area contributed by atoms with Crippen LogP contribution in [0.1, 0.15) is 50.6 Å². The Bertz CT molecular complexity index is 431. The molecule has 0 bridgehead atoms. The molecule has 1 saturated carbocycles. The van der Waals surface area contributed by atoms with Gasteiger partial charge in [-0.25, -0.2) is 4.39 Å². The van der Waals surface area contributed by atoms with Gasteiger partial charge in [0.05, 0.1) is 0 Å². The Hall–Kier alpha value is -0.930. The van der Waals surface area contributed by atoms with E-state index in [1.54, 1.807) is 12.1 Å². The van der Waals surface area contributed by atoms with Gasteiger partial charge < -0.3 is 5.32 Å². The van der Waals surface area contributed by atoms with Crippen molar-refractivity contribution < 1.29 is 4.39 Å². The standard InChI is InChI=1S/C17H25FN2/c1-14(15-5-7-16(18)8-6-15)20-12-11-19-17(13-20)9-3-2-4-10-17/h5-8,14,19H,2-4,9-13H2,1H3. The van der Waals surface area contributed by atoms with Gasteiger partial charge in [-0.15, -0.1) is 0 Å². The van der Waals surface area contributed by atoms with E-state index < -0.39 is 0 Å². The van der Waals surface area contributed by atoms with E-state index in [0.29, 0.717) is 11.6 Å². The average Bonchev–Trinajstić information content (AvgIpc) is 2.48. The van der Waals surface area contributed by atoms with E-state index in [2.05, 4.69) is 17.1 Å². The Balaban J connectivity index is 1.71. The minimum Gasteiger partial charge on any atom is -0.309 e. The van der Waals surface area contributed by atoms with E-state index in [-0.39, 0.29) is 5.82 Å². The van der Waals surface area contributed by atoms with Crippen LogP contribution >= 0.6 is 0 Å². The third-order valence-corrected chi connectivity index (χ3v) is 5.12. The van der Waals surface area contributed by atoms with Crippen LogP contribution in [0.4, 0.5) is 4.39 Å². The number of hydrogen-bond acceptors (Lipinski definition) is 2. The van der Waals surface area contributed by atoms with E-state index in [0.717, 1.165) is 19.6 Å². The van der Waals surface area contributed by atoms with Crippen LogP contribution in [0.15, 0.2) is 24.3 Å². The lowest BCUT2D eigenvalue weighted by molar-refractivity contribution is 0.0730. The Morgan fingerprint density at radius 3 is 2.55 bits per heavy atom. The van der Waals surface area contributed by atoms with Gasteiger partial charge in [-0.3, -0.25) is 4.90 Å². The monoisotopic (exact) mass is 276 g/mol. The van der Waals surface area contributed by atoms with E-state index in [9.17, 15) is 4.39 Å². The van der Waals surface area contributed by atoms with Crippen LogP contribution < -0.4 is 5.32 Å². The van der Waals surface area contributed by atoms with Gasteiger partial charge in [0.2, 0.25) is 0 Å². The van der Waals surface area contributed by atoms with Gasteiger partial charge in [0.25, 0.3) is 0 Å². The lowest BCUT2D eigenvalue weighted by Crippen LogP contribution is -2.61. The summed E-state index contributed by atoms with van der Waals surface area (Å²) in [7, 11) is 0. The molecule has 1 atom stereocenters. The van der Waals surface area contributed by atoms with Crippen molar-refractivity contribution >= 4 is 0 Å². The highest BCUT2D eigenvalue weighted by atomic mass is 19.1. The van der Waals surface area contributed by atoms with Crippen LogP contribution in [0.5, 0.6) is 0 Å². The molecule has 1 aliphatic heterocycles. The molecule has 1 saturated heterocycles. The van der Waals surface area contributed by atoms with E-state index in [1.165, 1.54) is 37.7 Å². The second-order valence-corrected chi connectivity index (χ2v) is 6.47. The second kappa shape index (κ2) is 5.82. The molecule has 3 heteroatoms. The minimum atomic E-state index is -0.148. The maximum atomic E-state index is 13.1. The number of hydrogen-bond donors (Lipinski definition) is 1. The van der Waals surface area contributed by atoms with E-state index >= 15 is 0 Å². The summed E-state index contributed by atoms with van der Waals surface area (Å²) in [6.07, 6.45) is 6.70. The quantitative estimate of drug-likeness (QED) is 0.889. The Morgan fingerprint density at radius 2 is 1.85 bits per heavy atom. The van der Waals surface area contributed by atoms with Crippen molar-refractivity contribution in [3.05, 3.63) is 35.6 Å². The largest absolute Gasteiger partial charge is 0.309 e. The van der Waals surface area contributed by atoms with Gasteiger partial charge in [0, 0.05) is 31.2 Å². The van der Waals surface area contributed by atoms with Crippen molar-refractivity contribution in [2.75, 3.05) is 19.6 Å². The first kappa shape index (κ1) is 14.0. The number of piperazine rings is 1. The molecule has 1 unspecified atom stereocenters. The molecular weight excluding hydrogens is 251 g/mol. The van der Waals surface area contributed by atoms with Crippen molar-refractivity contribution in [3.8, 4) is 0 Å². The Morgan fingerprint density at radius 1 is 1.15 bits per heavy atom. The molecule has 2 aliphatic rings. The molecule has 1 aliphatic carbocycles. The Kier molecular flexibility index (Phi) is 4.08. The fourth-order valence-corrected chi connectivity index (χ4v) is 3.83. The van der Waals surface area contributed by atoms with Crippen molar-refractivity contribution in [1.82, 2.24) is 10.2 Å². The number of nitrogens with one attached hydrogen (secondary N) is 1. The third-order valence-electron chi connectivity index (χ3n) is 5.12. The third kappa shape index (κ3) is 2.89. The predicted octanol–water partition coefficient (Wildman–Crippen LogP) is 3.49. The van der Waals surface area contributed by atoms with Gasteiger partial charge >= 0.3 is 0 Å². The first-order chi connectivity index (χ1) is 9.69. The van der Waals surface area contributed by atoms with Crippen LogP contribution in [0.25, 0.3) is 0 Å². The number of nitrogens with zero attached hydrogens (tertiary/aromatic N) is 1. The molecule has 0 radical (unpaired) electrons. The molecule has 2 nitrogen and oxygen atoms in total. The Labute approximate surface area is 121 Å². The molecule has 3 rings (SSSR count). The molecule has 1 spiro atoms. The molecule has 1 aromatic carbocycles. The fourth-order valence-electron chi connectivity index (χ4n) is 3.83. The maximum absolute atomic E-state index is 13.1. The summed E-state index contributed by atoms with van der Waals surface area (Å²) < 4.78 is 13.1. The number of rotatable bonds is 2. The van der Waals surface area contributed by atoms with Gasteiger partial charge in [0.15, 0.2) is 0 Å². The van der Waals surface area contributed by atoms with Crippen LogP contribution in [0, 0.1) is 5.82 Å². The van der Waals surface area contributed by atoms with E-state index in [1.807, 2.05) is 12.1 Å². The summed E-state index contributed by atoms with van der Waals surface area (Å²) in [4.78, 5) is 2.56. The highest BCUT2D eigenvalue weighted by molar-refractivity contribution is 5.20. The van der Waals surface area contributed by atoms with Gasteiger partial charge in [-0.1, -0.05) is 31.4 Å². The number of benzene rings is 1. The van der Waals surface area contributed by atoms with Crippen molar-refractivity contribution in [1.29, 1.82) is 0 Å².